The Morgan fingerprint density at radius 3 is 1.18 bits per heavy atom. The molecule has 0 aliphatic heterocycles. The molecular formula is C56H103O11P. The highest BCUT2D eigenvalue weighted by atomic mass is 31.2. The van der Waals surface area contributed by atoms with Crippen molar-refractivity contribution in [3.8, 4) is 0 Å². The lowest BCUT2D eigenvalue weighted by molar-refractivity contribution is -0.161. The zero-order valence-electron chi connectivity index (χ0n) is 43.8. The summed E-state index contributed by atoms with van der Waals surface area (Å²) in [5, 5.41) is 9.79. The first-order valence-electron chi connectivity index (χ1n) is 27.9. The second kappa shape index (κ2) is 51.1. The molecule has 0 aromatic rings. The second-order valence-corrected chi connectivity index (χ2v) is 20.2. The van der Waals surface area contributed by atoms with E-state index in [1.54, 1.807) is 0 Å². The normalized spacial score (nSPS) is 13.7. The van der Waals surface area contributed by atoms with Gasteiger partial charge in [-0.15, -0.1) is 0 Å². The molecule has 0 saturated carbocycles. The Morgan fingerprint density at radius 1 is 0.426 bits per heavy atom. The van der Waals surface area contributed by atoms with E-state index in [-0.39, 0.29) is 25.9 Å². The van der Waals surface area contributed by atoms with Crippen molar-refractivity contribution in [2.45, 2.75) is 277 Å². The molecule has 0 spiro atoms. The summed E-state index contributed by atoms with van der Waals surface area (Å²) in [5.41, 5.74) is 0. The Labute approximate surface area is 416 Å². The van der Waals surface area contributed by atoms with E-state index in [2.05, 4.69) is 57.2 Å². The molecule has 0 fully saturated rings. The van der Waals surface area contributed by atoms with Gasteiger partial charge in [0.25, 0.3) is 0 Å². The molecule has 3 atom stereocenters. The molecule has 0 aromatic heterocycles. The van der Waals surface area contributed by atoms with Crippen LogP contribution in [0.5, 0.6) is 0 Å². The fraction of sp³-hybridized carbons (Fsp3) is 0.839. The molecular weight excluding hydrogens is 880 g/mol. The summed E-state index contributed by atoms with van der Waals surface area (Å²) in [6.07, 6.45) is 51.0. The third kappa shape index (κ3) is 48.7. The molecule has 3 unspecified atom stereocenters. The topological polar surface area (TPSA) is 155 Å². The lowest BCUT2D eigenvalue weighted by atomic mass is 10.0. The van der Waals surface area contributed by atoms with Gasteiger partial charge in [-0.05, 0) is 51.4 Å². The Bertz CT molecular complexity index is 1280. The van der Waals surface area contributed by atoms with Gasteiger partial charge in [0.15, 0.2) is 6.10 Å². The van der Waals surface area contributed by atoms with Crippen LogP contribution in [-0.2, 0) is 42.2 Å². The summed E-state index contributed by atoms with van der Waals surface area (Å²) < 4.78 is 39.4. The molecule has 2 N–H and O–H groups in total. The minimum absolute atomic E-state index is 0.152. The number of phosphoric ester groups is 1. The SMILES string of the molecule is CC/C=C\C/C=C\C/C=C\CCCCCCCC(=O)OC(COC(=O)CCCCCCCCCCCCCCC)COP(=O)(O)OCC(CO)OC(=O)CCCCCCCCCCCCCCC. The van der Waals surface area contributed by atoms with Crippen LogP contribution >= 0.6 is 7.82 Å². The Kier molecular flexibility index (Phi) is 49.3. The molecule has 0 heterocycles. The van der Waals surface area contributed by atoms with Crippen LogP contribution in [0.1, 0.15) is 265 Å². The lowest BCUT2D eigenvalue weighted by Crippen LogP contribution is -2.30. The fourth-order valence-electron chi connectivity index (χ4n) is 7.84. The molecule has 398 valence electrons. The number of esters is 3. The zero-order chi connectivity index (χ0) is 49.9. The standard InChI is InChI=1S/C56H103O11P/c1-4-7-10-13-16-19-22-25-26-29-32-35-38-41-44-47-56(60)67-53(49-63-54(58)45-42-39-36-33-30-27-23-20-17-14-11-8-5-2)51-65-68(61,62)64-50-52(48-57)66-55(59)46-43-40-37-34-31-28-24-21-18-15-12-9-6-3/h7,10,16,19,25-26,52-53,57H,4-6,8-9,11-15,17-18,20-24,27-51H2,1-3H3,(H,61,62)/b10-7-,19-16-,26-25-. The number of hydrogen-bond donors (Lipinski definition) is 2. The Balaban J connectivity index is 4.72. The predicted octanol–water partition coefficient (Wildman–Crippen LogP) is 16.0. The predicted molar refractivity (Wildman–Crippen MR) is 279 cm³/mol. The third-order valence-electron chi connectivity index (χ3n) is 12.1. The van der Waals surface area contributed by atoms with Gasteiger partial charge < -0.3 is 24.2 Å². The summed E-state index contributed by atoms with van der Waals surface area (Å²) in [6.45, 7) is 4.54. The van der Waals surface area contributed by atoms with Gasteiger partial charge in [0.05, 0.1) is 19.8 Å². The highest BCUT2D eigenvalue weighted by Crippen LogP contribution is 2.43. The largest absolute Gasteiger partial charge is 0.472 e. The van der Waals surface area contributed by atoms with Crippen molar-refractivity contribution in [3.63, 3.8) is 0 Å². The summed E-state index contributed by atoms with van der Waals surface area (Å²) in [5.74, 6) is -1.47. The summed E-state index contributed by atoms with van der Waals surface area (Å²) in [6, 6.07) is 0. The number of phosphoric acid groups is 1. The number of aliphatic hydroxyl groups excluding tert-OH is 1. The van der Waals surface area contributed by atoms with Crippen molar-refractivity contribution in [2.75, 3.05) is 26.4 Å². The minimum atomic E-state index is -4.74. The molecule has 0 radical (unpaired) electrons. The maximum atomic E-state index is 12.9. The van der Waals surface area contributed by atoms with Gasteiger partial charge in [-0.2, -0.15) is 0 Å². The van der Waals surface area contributed by atoms with Crippen molar-refractivity contribution in [1.82, 2.24) is 0 Å². The molecule has 0 aliphatic carbocycles. The first-order chi connectivity index (χ1) is 33.2. The quantitative estimate of drug-likeness (QED) is 0.0197. The molecule has 0 saturated heterocycles. The summed E-state index contributed by atoms with van der Waals surface area (Å²) >= 11 is 0. The second-order valence-electron chi connectivity index (χ2n) is 18.7. The lowest BCUT2D eigenvalue weighted by Gasteiger charge is -2.21. The van der Waals surface area contributed by atoms with Crippen LogP contribution in [0, 0.1) is 0 Å². The highest BCUT2D eigenvalue weighted by Gasteiger charge is 2.28. The molecule has 0 aromatic carbocycles. The van der Waals surface area contributed by atoms with Gasteiger partial charge >= 0.3 is 25.7 Å². The van der Waals surface area contributed by atoms with Crippen LogP contribution in [0.3, 0.4) is 0 Å². The Morgan fingerprint density at radius 2 is 0.765 bits per heavy atom. The summed E-state index contributed by atoms with van der Waals surface area (Å²) in [4.78, 5) is 48.4. The highest BCUT2D eigenvalue weighted by molar-refractivity contribution is 7.47. The van der Waals surface area contributed by atoms with Crippen LogP contribution < -0.4 is 0 Å². The van der Waals surface area contributed by atoms with E-state index >= 15 is 0 Å². The zero-order valence-corrected chi connectivity index (χ0v) is 44.7. The fourth-order valence-corrected chi connectivity index (χ4v) is 8.63. The summed E-state index contributed by atoms with van der Waals surface area (Å²) in [7, 11) is -4.74. The van der Waals surface area contributed by atoms with Crippen molar-refractivity contribution in [3.05, 3.63) is 36.5 Å². The van der Waals surface area contributed by atoms with E-state index in [0.29, 0.717) is 19.3 Å². The Hall–Kier alpha value is -2.30. The molecule has 0 rings (SSSR count). The smallest absolute Gasteiger partial charge is 0.462 e. The first kappa shape index (κ1) is 65.7. The molecule has 0 aliphatic rings. The van der Waals surface area contributed by atoms with Crippen molar-refractivity contribution in [1.29, 1.82) is 0 Å². The average Bonchev–Trinajstić information content (AvgIpc) is 3.32. The van der Waals surface area contributed by atoms with E-state index in [9.17, 15) is 28.9 Å². The molecule has 68 heavy (non-hydrogen) atoms. The van der Waals surface area contributed by atoms with Gasteiger partial charge in [0.2, 0.25) is 0 Å². The average molecular weight is 983 g/mol. The van der Waals surface area contributed by atoms with E-state index < -0.39 is 57.8 Å². The van der Waals surface area contributed by atoms with Crippen LogP contribution in [0.4, 0.5) is 0 Å². The molecule has 12 heteroatoms. The maximum absolute atomic E-state index is 12.9. The van der Waals surface area contributed by atoms with Crippen molar-refractivity contribution >= 4 is 25.7 Å². The number of allylic oxidation sites excluding steroid dienone is 6. The monoisotopic (exact) mass is 983 g/mol. The number of carbonyl (C=O) groups is 3. The first-order valence-corrected chi connectivity index (χ1v) is 29.4. The van der Waals surface area contributed by atoms with Crippen LogP contribution in [0.2, 0.25) is 0 Å². The van der Waals surface area contributed by atoms with Crippen LogP contribution in [-0.4, -0.2) is 66.5 Å². The van der Waals surface area contributed by atoms with Gasteiger partial charge in [-0.1, -0.05) is 231 Å². The number of unbranched alkanes of at least 4 members (excludes halogenated alkanes) is 29. The van der Waals surface area contributed by atoms with Gasteiger partial charge in [-0.3, -0.25) is 23.4 Å². The van der Waals surface area contributed by atoms with Gasteiger partial charge in [0.1, 0.15) is 12.7 Å². The van der Waals surface area contributed by atoms with E-state index in [0.717, 1.165) is 89.9 Å². The van der Waals surface area contributed by atoms with E-state index in [4.69, 9.17) is 23.3 Å². The third-order valence-corrected chi connectivity index (χ3v) is 13.0. The minimum Gasteiger partial charge on any atom is -0.462 e. The number of rotatable bonds is 52. The van der Waals surface area contributed by atoms with Gasteiger partial charge in [-0.25, -0.2) is 4.57 Å². The number of carbonyl (C=O) groups excluding carboxylic acids is 3. The number of hydrogen-bond acceptors (Lipinski definition) is 10. The van der Waals surface area contributed by atoms with E-state index in [1.165, 1.54) is 116 Å². The molecule has 0 bridgehead atoms. The molecule has 11 nitrogen and oxygen atoms in total. The van der Waals surface area contributed by atoms with Crippen LogP contribution in [0.25, 0.3) is 0 Å². The number of ether oxygens (including phenoxy) is 3. The molecule has 0 amide bonds. The number of aliphatic hydroxyl groups is 1. The maximum Gasteiger partial charge on any atom is 0.472 e. The van der Waals surface area contributed by atoms with E-state index in [1.807, 2.05) is 0 Å². The van der Waals surface area contributed by atoms with Crippen molar-refractivity contribution < 1.29 is 52.2 Å². The van der Waals surface area contributed by atoms with Crippen molar-refractivity contribution in [2.24, 2.45) is 0 Å². The van der Waals surface area contributed by atoms with Gasteiger partial charge in [0, 0.05) is 19.3 Å². The van der Waals surface area contributed by atoms with Crippen LogP contribution in [0.15, 0.2) is 36.5 Å².